The molecular weight excluding hydrogens is 248 g/mol. The van der Waals surface area contributed by atoms with Crippen molar-refractivity contribution in [2.24, 2.45) is 0 Å². The summed E-state index contributed by atoms with van der Waals surface area (Å²) in [6, 6.07) is 0. The molecule has 5 heteroatoms. The van der Waals surface area contributed by atoms with E-state index < -0.39 is 5.97 Å². The maximum atomic E-state index is 10.6. The molecule has 0 spiro atoms. The van der Waals surface area contributed by atoms with Crippen LogP contribution in [-0.2, 0) is 9.53 Å². The molecule has 0 aliphatic heterocycles. The molecule has 0 radical (unpaired) electrons. The van der Waals surface area contributed by atoms with Crippen LogP contribution in [0.4, 0.5) is 0 Å². The lowest BCUT2D eigenvalue weighted by Gasteiger charge is -1.89. The van der Waals surface area contributed by atoms with Crippen molar-refractivity contribution < 1.29 is 9.53 Å². The van der Waals surface area contributed by atoms with E-state index in [0.29, 0.717) is 5.82 Å². The summed E-state index contributed by atoms with van der Waals surface area (Å²) in [5.41, 5.74) is 2.61. The molecule has 0 aliphatic carbocycles. The second kappa shape index (κ2) is 5.32. The first-order valence-corrected chi connectivity index (χ1v) is 4.49. The summed E-state index contributed by atoms with van der Waals surface area (Å²) in [4.78, 5) is 18.6. The van der Waals surface area contributed by atoms with Gasteiger partial charge < -0.3 is 4.74 Å². The summed E-state index contributed by atoms with van der Waals surface area (Å²) < 4.78 is 5.18. The molecule has 0 saturated heterocycles. The lowest BCUT2D eigenvalue weighted by Crippen LogP contribution is -1.92. The minimum absolute atomic E-state index is 0.460. The van der Waals surface area contributed by atoms with Crippen LogP contribution in [0.5, 0.6) is 0 Å². The summed E-state index contributed by atoms with van der Waals surface area (Å²) in [7, 11) is 1.30. The van der Waals surface area contributed by atoms with Crippen LogP contribution in [0.1, 0.15) is 5.82 Å². The number of methoxy groups -OCH3 is 1. The van der Waals surface area contributed by atoms with Crippen molar-refractivity contribution in [2.75, 3.05) is 7.11 Å². The van der Waals surface area contributed by atoms with Gasteiger partial charge in [-0.1, -0.05) is 0 Å². The summed E-state index contributed by atoms with van der Waals surface area (Å²) in [6.07, 6.45) is 5.88. The predicted octanol–water partition coefficient (Wildman–Crippen LogP) is 1.58. The number of aromatic nitrogens is 2. The number of rotatable bonds is 2. The zero-order chi connectivity index (χ0) is 10.4. The highest BCUT2D eigenvalue weighted by molar-refractivity contribution is 9.10. The molecule has 4 nitrogen and oxygen atoms in total. The van der Waals surface area contributed by atoms with Crippen LogP contribution < -0.4 is 0 Å². The van der Waals surface area contributed by atoms with Gasteiger partial charge in [0.25, 0.3) is 0 Å². The molecule has 1 aromatic heterocycles. The number of nitrogens with zero attached hydrogens (tertiary/aromatic N) is 2. The fourth-order valence-electron chi connectivity index (χ4n) is 0.640. The third kappa shape index (κ3) is 3.51. The highest BCUT2D eigenvalue weighted by Crippen LogP contribution is 2.04. The lowest BCUT2D eigenvalue weighted by atomic mass is 10.5. The first-order chi connectivity index (χ1) is 6.72. The molecule has 72 valence electrons. The molecular formula is C9H7BrN2O2. The van der Waals surface area contributed by atoms with Gasteiger partial charge in [0.1, 0.15) is 0 Å². The van der Waals surface area contributed by atoms with Crippen LogP contribution in [0.25, 0.3) is 6.08 Å². The lowest BCUT2D eigenvalue weighted by molar-refractivity contribution is -0.134. The quantitative estimate of drug-likeness (QED) is 0.457. The number of hydrogen-bond acceptors (Lipinski definition) is 4. The van der Waals surface area contributed by atoms with Crippen LogP contribution >= 0.6 is 15.9 Å². The van der Waals surface area contributed by atoms with Gasteiger partial charge in [0, 0.05) is 18.5 Å². The van der Waals surface area contributed by atoms with E-state index in [1.807, 2.05) is 0 Å². The topological polar surface area (TPSA) is 52.1 Å². The van der Waals surface area contributed by atoms with Crippen LogP contribution in [-0.4, -0.2) is 23.0 Å². The Balaban J connectivity index is 2.73. The first-order valence-electron chi connectivity index (χ1n) is 3.70. The first kappa shape index (κ1) is 10.6. The van der Waals surface area contributed by atoms with Gasteiger partial charge in [-0.3, -0.25) is 0 Å². The van der Waals surface area contributed by atoms with Gasteiger partial charge in [-0.15, -0.1) is 5.73 Å². The summed E-state index contributed by atoms with van der Waals surface area (Å²) in [5, 5.41) is 0. The molecule has 0 aliphatic rings. The Morgan fingerprint density at radius 3 is 2.79 bits per heavy atom. The fourth-order valence-corrected chi connectivity index (χ4v) is 0.845. The highest BCUT2D eigenvalue weighted by Gasteiger charge is 1.90. The molecule has 0 amide bonds. The van der Waals surface area contributed by atoms with E-state index >= 15 is 0 Å². The predicted molar refractivity (Wildman–Crippen MR) is 54.3 cm³/mol. The second-order valence-corrected chi connectivity index (χ2v) is 3.15. The zero-order valence-electron chi connectivity index (χ0n) is 7.40. The maximum absolute atomic E-state index is 10.6. The van der Waals surface area contributed by atoms with Crippen molar-refractivity contribution in [3.63, 3.8) is 0 Å². The maximum Gasteiger partial charge on any atom is 0.338 e. The molecule has 1 aromatic rings. The number of esters is 1. The Kier molecular flexibility index (Phi) is 4.04. The Hall–Kier alpha value is -1.45. The van der Waals surface area contributed by atoms with E-state index in [1.54, 1.807) is 12.4 Å². The summed E-state index contributed by atoms with van der Waals surface area (Å²) >= 11 is 3.21. The molecule has 0 fully saturated rings. The van der Waals surface area contributed by atoms with Crippen molar-refractivity contribution in [2.45, 2.75) is 0 Å². The summed E-state index contributed by atoms with van der Waals surface area (Å²) in [5.74, 6) is 0.0201. The van der Waals surface area contributed by atoms with E-state index in [1.165, 1.54) is 19.3 Å². The van der Waals surface area contributed by atoms with E-state index in [-0.39, 0.29) is 0 Å². The molecule has 1 heterocycles. The van der Waals surface area contributed by atoms with Crippen LogP contribution in [0.2, 0.25) is 0 Å². The monoisotopic (exact) mass is 254 g/mol. The number of ether oxygens (including phenoxy) is 1. The largest absolute Gasteiger partial charge is 0.465 e. The standard InChI is InChI=1S/C9H7BrN2O2/c1-14-9(13)4-2-3-8-11-5-7(10)6-12-8/h3-6H,1H3. The smallest absolute Gasteiger partial charge is 0.338 e. The molecule has 0 atom stereocenters. The van der Waals surface area contributed by atoms with Gasteiger partial charge in [-0.2, -0.15) is 0 Å². The highest BCUT2D eigenvalue weighted by atomic mass is 79.9. The SMILES string of the molecule is COC(=O)C=C=Cc1ncc(Br)cn1. The third-order valence-electron chi connectivity index (χ3n) is 1.26. The van der Waals surface area contributed by atoms with E-state index in [2.05, 4.69) is 36.4 Å². The fraction of sp³-hybridized carbons (Fsp3) is 0.111. The van der Waals surface area contributed by atoms with E-state index in [9.17, 15) is 4.79 Å². The molecule has 14 heavy (non-hydrogen) atoms. The Bertz CT molecular complexity index is 380. The second-order valence-electron chi connectivity index (χ2n) is 2.24. The van der Waals surface area contributed by atoms with Crippen molar-refractivity contribution in [1.82, 2.24) is 9.97 Å². The number of hydrogen-bond donors (Lipinski definition) is 0. The Morgan fingerprint density at radius 1 is 1.57 bits per heavy atom. The van der Waals surface area contributed by atoms with Gasteiger partial charge in [0.15, 0.2) is 5.82 Å². The van der Waals surface area contributed by atoms with Gasteiger partial charge in [0.2, 0.25) is 0 Å². The van der Waals surface area contributed by atoms with E-state index in [4.69, 9.17) is 0 Å². The van der Waals surface area contributed by atoms with Crippen LogP contribution in [0, 0.1) is 0 Å². The minimum Gasteiger partial charge on any atom is -0.465 e. The van der Waals surface area contributed by atoms with Crippen LogP contribution in [0.15, 0.2) is 28.7 Å². The number of carbonyl (C=O) groups excluding carboxylic acids is 1. The van der Waals surface area contributed by atoms with Gasteiger partial charge >= 0.3 is 5.97 Å². The average molecular weight is 255 g/mol. The number of halogens is 1. The zero-order valence-corrected chi connectivity index (χ0v) is 8.98. The minimum atomic E-state index is -0.460. The average Bonchev–Trinajstić information content (AvgIpc) is 2.21. The van der Waals surface area contributed by atoms with Crippen molar-refractivity contribution in [3.05, 3.63) is 34.5 Å². The van der Waals surface area contributed by atoms with Gasteiger partial charge in [0.05, 0.1) is 17.7 Å². The molecule has 1 rings (SSSR count). The van der Waals surface area contributed by atoms with E-state index in [0.717, 1.165) is 4.47 Å². The molecule has 0 bridgehead atoms. The van der Waals surface area contributed by atoms with Gasteiger partial charge in [-0.05, 0) is 15.9 Å². The molecule has 0 saturated carbocycles. The summed E-state index contributed by atoms with van der Waals surface area (Å²) in [6.45, 7) is 0. The Labute approximate surface area is 89.5 Å². The van der Waals surface area contributed by atoms with Crippen molar-refractivity contribution in [3.8, 4) is 0 Å². The number of carbonyl (C=O) groups is 1. The molecule has 0 unspecified atom stereocenters. The normalized spacial score (nSPS) is 8.71. The van der Waals surface area contributed by atoms with Gasteiger partial charge in [-0.25, -0.2) is 14.8 Å². The van der Waals surface area contributed by atoms with Crippen molar-refractivity contribution >= 4 is 28.0 Å². The van der Waals surface area contributed by atoms with Crippen molar-refractivity contribution in [1.29, 1.82) is 0 Å². The molecule has 0 N–H and O–H groups in total. The van der Waals surface area contributed by atoms with Crippen LogP contribution in [0.3, 0.4) is 0 Å². The third-order valence-corrected chi connectivity index (χ3v) is 1.66. The molecule has 0 aromatic carbocycles. The Morgan fingerprint density at radius 2 is 2.21 bits per heavy atom.